The van der Waals surface area contributed by atoms with Crippen LogP contribution in [0.15, 0.2) is 6.07 Å². The number of rotatable bonds is 4. The van der Waals surface area contributed by atoms with E-state index >= 15 is 0 Å². The normalized spacial score (nSPS) is 17.9. The third kappa shape index (κ3) is 3.15. The van der Waals surface area contributed by atoms with Gasteiger partial charge in [-0.2, -0.15) is 11.8 Å². The van der Waals surface area contributed by atoms with E-state index < -0.39 is 0 Å². The second-order valence-electron chi connectivity index (χ2n) is 5.59. The van der Waals surface area contributed by atoms with Crippen LogP contribution < -0.4 is 11.1 Å². The van der Waals surface area contributed by atoms with E-state index in [1.54, 1.807) is 11.3 Å². The molecule has 0 spiro atoms. The Morgan fingerprint density at radius 2 is 2.32 bits per heavy atom. The Hall–Kier alpha value is -0.520. The summed E-state index contributed by atoms with van der Waals surface area (Å²) in [4.78, 5) is 14.6. The molecule has 3 nitrogen and oxygen atoms in total. The van der Waals surface area contributed by atoms with E-state index in [1.165, 1.54) is 16.2 Å². The lowest BCUT2D eigenvalue weighted by Crippen LogP contribution is -2.54. The molecule has 0 radical (unpaired) electrons. The second kappa shape index (κ2) is 5.85. The van der Waals surface area contributed by atoms with E-state index in [-0.39, 0.29) is 11.4 Å². The molecule has 2 rings (SSSR count). The number of nitrogens with one attached hydrogen (secondary N) is 1. The number of carbonyl (C=O) groups excluding carboxylic acids is 1. The largest absolute Gasteiger partial charge is 0.345 e. The molecule has 3 N–H and O–H groups in total. The summed E-state index contributed by atoms with van der Waals surface area (Å²) in [7, 11) is 0. The number of amides is 1. The fourth-order valence-corrected chi connectivity index (χ4v) is 4.28. The van der Waals surface area contributed by atoms with Gasteiger partial charge in [-0.1, -0.05) is 13.8 Å². The molecule has 1 unspecified atom stereocenters. The summed E-state index contributed by atoms with van der Waals surface area (Å²) in [5.41, 5.74) is 6.82. The van der Waals surface area contributed by atoms with Crippen LogP contribution in [-0.2, 0) is 12.2 Å². The number of thiophene rings is 1. The SMILES string of the molecule is CC(C)C(C)(CN)NC(=O)c1cc2c(s1)CCSC2. The van der Waals surface area contributed by atoms with Crippen LogP contribution in [0.2, 0.25) is 0 Å². The molecule has 0 saturated carbocycles. The molecule has 0 fully saturated rings. The highest BCUT2D eigenvalue weighted by atomic mass is 32.2. The van der Waals surface area contributed by atoms with Crippen molar-refractivity contribution in [3.8, 4) is 0 Å². The summed E-state index contributed by atoms with van der Waals surface area (Å²) in [6.45, 7) is 6.64. The summed E-state index contributed by atoms with van der Waals surface area (Å²) in [5.74, 6) is 2.54. The minimum Gasteiger partial charge on any atom is -0.345 e. The molecular formula is C14H22N2OS2. The average molecular weight is 298 g/mol. The number of carbonyl (C=O) groups is 1. The van der Waals surface area contributed by atoms with Crippen LogP contribution >= 0.6 is 23.1 Å². The van der Waals surface area contributed by atoms with Crippen molar-refractivity contribution < 1.29 is 4.79 Å². The fraction of sp³-hybridized carbons (Fsp3) is 0.643. The number of hydrogen-bond acceptors (Lipinski definition) is 4. The summed E-state index contributed by atoms with van der Waals surface area (Å²) >= 11 is 3.58. The Morgan fingerprint density at radius 3 is 2.89 bits per heavy atom. The quantitative estimate of drug-likeness (QED) is 0.898. The van der Waals surface area contributed by atoms with Crippen molar-refractivity contribution in [2.75, 3.05) is 12.3 Å². The van der Waals surface area contributed by atoms with Gasteiger partial charge in [0.25, 0.3) is 5.91 Å². The van der Waals surface area contributed by atoms with Crippen LogP contribution in [0.5, 0.6) is 0 Å². The predicted octanol–water partition coefficient (Wildman–Crippen LogP) is 2.64. The highest BCUT2D eigenvalue weighted by molar-refractivity contribution is 7.98. The van der Waals surface area contributed by atoms with Crippen molar-refractivity contribution in [3.63, 3.8) is 0 Å². The van der Waals surface area contributed by atoms with Crippen LogP contribution in [0.3, 0.4) is 0 Å². The molecule has 0 aliphatic carbocycles. The zero-order valence-electron chi connectivity index (χ0n) is 11.8. The van der Waals surface area contributed by atoms with Gasteiger partial charge < -0.3 is 11.1 Å². The highest BCUT2D eigenvalue weighted by Crippen LogP contribution is 2.32. The number of thioether (sulfide) groups is 1. The van der Waals surface area contributed by atoms with E-state index in [0.717, 1.165) is 17.1 Å². The van der Waals surface area contributed by atoms with Gasteiger partial charge in [0.05, 0.1) is 10.4 Å². The smallest absolute Gasteiger partial charge is 0.261 e. The molecule has 1 amide bonds. The van der Waals surface area contributed by atoms with E-state index in [0.29, 0.717) is 12.5 Å². The maximum absolute atomic E-state index is 12.4. The lowest BCUT2D eigenvalue weighted by atomic mass is 9.88. The molecule has 1 aliphatic rings. The standard InChI is InChI=1S/C14H22N2OS2/c1-9(2)14(3,8-15)16-13(17)12-6-10-7-18-5-4-11(10)19-12/h6,9H,4-5,7-8,15H2,1-3H3,(H,16,17). The van der Waals surface area contributed by atoms with E-state index in [1.807, 2.05) is 18.7 Å². The van der Waals surface area contributed by atoms with Crippen molar-refractivity contribution >= 4 is 29.0 Å². The highest BCUT2D eigenvalue weighted by Gasteiger charge is 2.30. The Morgan fingerprint density at radius 1 is 1.58 bits per heavy atom. The Kier molecular flexibility index (Phi) is 4.58. The second-order valence-corrected chi connectivity index (χ2v) is 7.83. The first-order chi connectivity index (χ1) is 8.96. The predicted molar refractivity (Wildman–Crippen MR) is 83.9 cm³/mol. The lowest BCUT2D eigenvalue weighted by Gasteiger charge is -2.33. The topological polar surface area (TPSA) is 55.1 Å². The van der Waals surface area contributed by atoms with Crippen molar-refractivity contribution in [1.29, 1.82) is 0 Å². The first-order valence-electron chi connectivity index (χ1n) is 6.68. The van der Waals surface area contributed by atoms with E-state index in [4.69, 9.17) is 5.73 Å². The molecule has 2 heterocycles. The molecule has 0 aromatic carbocycles. The molecule has 19 heavy (non-hydrogen) atoms. The van der Waals surface area contributed by atoms with Gasteiger partial charge >= 0.3 is 0 Å². The van der Waals surface area contributed by atoms with Crippen molar-refractivity contribution in [1.82, 2.24) is 5.32 Å². The van der Waals surface area contributed by atoms with Crippen LogP contribution in [0.1, 0.15) is 40.9 Å². The molecular weight excluding hydrogens is 276 g/mol. The van der Waals surface area contributed by atoms with Gasteiger partial charge in [0.1, 0.15) is 0 Å². The van der Waals surface area contributed by atoms with Crippen LogP contribution in [0.4, 0.5) is 0 Å². The summed E-state index contributed by atoms with van der Waals surface area (Å²) in [6, 6.07) is 2.05. The monoisotopic (exact) mass is 298 g/mol. The Balaban J connectivity index is 2.13. The average Bonchev–Trinajstić information content (AvgIpc) is 2.82. The third-order valence-electron chi connectivity index (χ3n) is 3.95. The summed E-state index contributed by atoms with van der Waals surface area (Å²) in [6.07, 6.45) is 1.09. The number of aryl methyl sites for hydroxylation is 1. The molecule has 1 atom stereocenters. The fourth-order valence-electron chi connectivity index (χ4n) is 2.01. The van der Waals surface area contributed by atoms with Crippen molar-refractivity contribution in [3.05, 3.63) is 21.4 Å². The summed E-state index contributed by atoms with van der Waals surface area (Å²) in [5, 5.41) is 3.11. The molecule has 106 valence electrons. The van der Waals surface area contributed by atoms with E-state index in [9.17, 15) is 4.79 Å². The zero-order valence-corrected chi connectivity index (χ0v) is 13.4. The van der Waals surface area contributed by atoms with Crippen LogP contribution in [-0.4, -0.2) is 23.7 Å². The molecule has 0 saturated heterocycles. The minimum absolute atomic E-state index is 0.0195. The Bertz CT molecular complexity index is 447. The van der Waals surface area contributed by atoms with Gasteiger partial charge in [0, 0.05) is 17.2 Å². The molecule has 0 bridgehead atoms. The number of nitrogens with two attached hydrogens (primary N) is 1. The first-order valence-corrected chi connectivity index (χ1v) is 8.65. The van der Waals surface area contributed by atoms with Gasteiger partial charge in [-0.15, -0.1) is 11.3 Å². The number of fused-ring (bicyclic) bond motifs is 1. The maximum atomic E-state index is 12.4. The molecule has 5 heteroatoms. The number of hydrogen-bond donors (Lipinski definition) is 2. The molecule has 1 aromatic heterocycles. The molecule has 1 aromatic rings. The van der Waals surface area contributed by atoms with Crippen LogP contribution in [0, 0.1) is 5.92 Å². The minimum atomic E-state index is -0.337. The van der Waals surface area contributed by atoms with Gasteiger partial charge in [0.2, 0.25) is 0 Å². The van der Waals surface area contributed by atoms with Crippen LogP contribution in [0.25, 0.3) is 0 Å². The lowest BCUT2D eigenvalue weighted by molar-refractivity contribution is 0.0887. The summed E-state index contributed by atoms with van der Waals surface area (Å²) < 4.78 is 0. The van der Waals surface area contributed by atoms with Crippen molar-refractivity contribution in [2.24, 2.45) is 11.7 Å². The van der Waals surface area contributed by atoms with E-state index in [2.05, 4.69) is 25.2 Å². The van der Waals surface area contributed by atoms with Crippen molar-refractivity contribution in [2.45, 2.75) is 38.5 Å². The maximum Gasteiger partial charge on any atom is 0.261 e. The van der Waals surface area contributed by atoms with Gasteiger partial charge in [-0.05, 0) is 36.6 Å². The Labute approximate surface area is 123 Å². The van der Waals surface area contributed by atoms with Gasteiger partial charge in [0.15, 0.2) is 0 Å². The third-order valence-corrected chi connectivity index (χ3v) is 6.19. The first kappa shape index (κ1) is 14.9. The van der Waals surface area contributed by atoms with Gasteiger partial charge in [-0.25, -0.2) is 0 Å². The zero-order chi connectivity index (χ0) is 14.0. The van der Waals surface area contributed by atoms with Gasteiger partial charge in [-0.3, -0.25) is 4.79 Å². The molecule has 1 aliphatic heterocycles.